The van der Waals surface area contributed by atoms with E-state index < -0.39 is 0 Å². The number of guanidine groups is 1. The van der Waals surface area contributed by atoms with Gasteiger partial charge in [0.25, 0.3) is 0 Å². The number of carbonyl (C=O) groups excluding carboxylic acids is 1. The smallest absolute Gasteiger partial charge is 0.219 e. The van der Waals surface area contributed by atoms with Crippen LogP contribution in [-0.4, -0.2) is 85.2 Å². The Bertz CT molecular complexity index is 422. The van der Waals surface area contributed by atoms with E-state index in [1.807, 2.05) is 16.7 Å². The highest BCUT2D eigenvalue weighted by Crippen LogP contribution is 2.34. The van der Waals surface area contributed by atoms with Crippen LogP contribution in [0.25, 0.3) is 0 Å². The van der Waals surface area contributed by atoms with Gasteiger partial charge in [-0.15, -0.1) is 24.0 Å². The van der Waals surface area contributed by atoms with Gasteiger partial charge in [-0.25, -0.2) is 0 Å². The molecular formula is C16H31IN4O2S. The maximum Gasteiger partial charge on any atom is 0.219 e. The summed E-state index contributed by atoms with van der Waals surface area (Å²) < 4.78 is 5.71. The molecule has 1 N–H and O–H groups in total. The Labute approximate surface area is 167 Å². The first kappa shape index (κ1) is 21.8. The predicted molar refractivity (Wildman–Crippen MR) is 112 cm³/mol. The lowest BCUT2D eigenvalue weighted by Gasteiger charge is -2.37. The van der Waals surface area contributed by atoms with Gasteiger partial charge in [0.05, 0.1) is 6.54 Å². The second-order valence-electron chi connectivity index (χ2n) is 6.16. The van der Waals surface area contributed by atoms with Crippen LogP contribution in [0.4, 0.5) is 0 Å². The number of hydrogen-bond acceptors (Lipinski definition) is 4. The summed E-state index contributed by atoms with van der Waals surface area (Å²) in [7, 11) is 0. The van der Waals surface area contributed by atoms with E-state index in [4.69, 9.17) is 9.73 Å². The Morgan fingerprint density at radius 1 is 1.21 bits per heavy atom. The number of nitrogens with zero attached hydrogens (tertiary/aromatic N) is 3. The average molecular weight is 470 g/mol. The second-order valence-corrected chi connectivity index (χ2v) is 7.44. The van der Waals surface area contributed by atoms with Crippen molar-refractivity contribution >= 4 is 47.6 Å². The molecule has 2 heterocycles. The lowest BCUT2D eigenvalue weighted by molar-refractivity contribution is -0.130. The van der Waals surface area contributed by atoms with Crippen molar-refractivity contribution in [1.29, 1.82) is 0 Å². The molecule has 0 atom stereocenters. The molecular weight excluding hydrogens is 439 g/mol. The number of amides is 1. The van der Waals surface area contributed by atoms with Crippen LogP contribution in [0.5, 0.6) is 0 Å². The summed E-state index contributed by atoms with van der Waals surface area (Å²) in [6, 6.07) is 0. The van der Waals surface area contributed by atoms with Crippen LogP contribution in [0.15, 0.2) is 4.99 Å². The number of piperazine rings is 1. The summed E-state index contributed by atoms with van der Waals surface area (Å²) in [4.78, 5) is 20.6. The van der Waals surface area contributed by atoms with Crippen molar-refractivity contribution < 1.29 is 9.53 Å². The van der Waals surface area contributed by atoms with Gasteiger partial charge in [-0.2, -0.15) is 11.8 Å². The zero-order valence-corrected chi connectivity index (χ0v) is 18.2. The summed E-state index contributed by atoms with van der Waals surface area (Å²) in [5, 5.41) is 3.41. The third-order valence-electron chi connectivity index (χ3n) is 4.71. The fraction of sp³-hybridized carbons (Fsp3) is 0.875. The maximum absolute atomic E-state index is 11.5. The molecule has 140 valence electrons. The molecule has 24 heavy (non-hydrogen) atoms. The number of carbonyl (C=O) groups is 1. The van der Waals surface area contributed by atoms with Crippen LogP contribution in [0.3, 0.4) is 0 Å². The van der Waals surface area contributed by atoms with E-state index in [9.17, 15) is 4.79 Å². The van der Waals surface area contributed by atoms with Crippen molar-refractivity contribution in [3.05, 3.63) is 0 Å². The van der Waals surface area contributed by atoms with Gasteiger partial charge in [0.1, 0.15) is 0 Å². The third-order valence-corrected chi connectivity index (χ3v) is 6.12. The van der Waals surface area contributed by atoms with Gasteiger partial charge in [-0.05, 0) is 26.0 Å². The summed E-state index contributed by atoms with van der Waals surface area (Å²) in [6.07, 6.45) is 4.31. The highest BCUT2D eigenvalue weighted by atomic mass is 127. The highest BCUT2D eigenvalue weighted by Gasteiger charge is 2.32. The van der Waals surface area contributed by atoms with E-state index >= 15 is 0 Å². The Morgan fingerprint density at radius 2 is 1.79 bits per heavy atom. The molecule has 0 aromatic heterocycles. The van der Waals surface area contributed by atoms with E-state index in [2.05, 4.69) is 23.4 Å². The fourth-order valence-corrected chi connectivity index (χ4v) is 3.82. The van der Waals surface area contributed by atoms with Gasteiger partial charge in [0.15, 0.2) is 5.96 Å². The number of nitrogens with one attached hydrogen (secondary N) is 1. The van der Waals surface area contributed by atoms with Crippen LogP contribution in [0, 0.1) is 0 Å². The van der Waals surface area contributed by atoms with E-state index in [-0.39, 0.29) is 34.6 Å². The zero-order valence-electron chi connectivity index (χ0n) is 15.0. The lowest BCUT2D eigenvalue weighted by Crippen LogP contribution is -2.53. The first-order chi connectivity index (χ1) is 11.1. The summed E-state index contributed by atoms with van der Waals surface area (Å²) >= 11 is 1.92. The number of hydrogen-bond donors (Lipinski definition) is 1. The molecule has 1 amide bonds. The SMILES string of the molecule is CCNC(=NCC1(SC)CCOCC1)N1CCN(C(C)=O)CC1.I. The van der Waals surface area contributed by atoms with Crippen molar-refractivity contribution in [2.75, 3.05) is 58.7 Å². The molecule has 0 spiro atoms. The van der Waals surface area contributed by atoms with Gasteiger partial charge in [0, 0.05) is 57.6 Å². The summed E-state index contributed by atoms with van der Waals surface area (Å²) in [6.45, 7) is 10.4. The van der Waals surface area contributed by atoms with Gasteiger partial charge in [-0.3, -0.25) is 9.79 Å². The second kappa shape index (κ2) is 10.7. The van der Waals surface area contributed by atoms with Crippen LogP contribution >= 0.6 is 35.7 Å². The van der Waals surface area contributed by atoms with E-state index in [1.165, 1.54) is 0 Å². The van der Waals surface area contributed by atoms with Gasteiger partial charge in [-0.1, -0.05) is 0 Å². The lowest BCUT2D eigenvalue weighted by atomic mass is 9.99. The molecule has 0 saturated carbocycles. The van der Waals surface area contributed by atoms with Crippen LogP contribution in [0.2, 0.25) is 0 Å². The first-order valence-corrected chi connectivity index (χ1v) is 9.74. The van der Waals surface area contributed by atoms with Crippen molar-refractivity contribution in [2.45, 2.75) is 31.4 Å². The summed E-state index contributed by atoms with van der Waals surface area (Å²) in [5.74, 6) is 1.14. The molecule has 6 nitrogen and oxygen atoms in total. The molecule has 2 aliphatic heterocycles. The molecule has 2 aliphatic rings. The highest BCUT2D eigenvalue weighted by molar-refractivity contribution is 14.0. The minimum atomic E-state index is 0. The monoisotopic (exact) mass is 470 g/mol. The van der Waals surface area contributed by atoms with E-state index in [0.29, 0.717) is 0 Å². The normalized spacial score (nSPS) is 21.2. The molecule has 0 radical (unpaired) electrons. The van der Waals surface area contributed by atoms with Gasteiger partial charge >= 0.3 is 0 Å². The Kier molecular flexibility index (Phi) is 9.73. The molecule has 0 aliphatic carbocycles. The molecule has 2 rings (SSSR count). The first-order valence-electron chi connectivity index (χ1n) is 8.52. The largest absolute Gasteiger partial charge is 0.381 e. The molecule has 0 aromatic rings. The van der Waals surface area contributed by atoms with Crippen LogP contribution in [-0.2, 0) is 9.53 Å². The van der Waals surface area contributed by atoms with Gasteiger partial charge < -0.3 is 19.9 Å². The number of halogens is 1. The van der Waals surface area contributed by atoms with Gasteiger partial charge in [0.2, 0.25) is 5.91 Å². The summed E-state index contributed by atoms with van der Waals surface area (Å²) in [5.41, 5.74) is 0. The quantitative estimate of drug-likeness (QED) is 0.385. The molecule has 2 saturated heterocycles. The third kappa shape index (κ3) is 5.94. The van der Waals surface area contributed by atoms with Crippen LogP contribution in [0.1, 0.15) is 26.7 Å². The zero-order chi connectivity index (χ0) is 16.7. The minimum absolute atomic E-state index is 0. The fourth-order valence-electron chi connectivity index (χ4n) is 3.05. The van der Waals surface area contributed by atoms with Crippen molar-refractivity contribution in [1.82, 2.24) is 15.1 Å². The standard InChI is InChI=1S/C16H30N4O2S.HI/c1-4-17-15(20-9-7-19(8-10-20)14(2)21)18-13-16(23-3)5-11-22-12-6-16;/h4-13H2,1-3H3,(H,17,18);1H. The van der Waals surface area contributed by atoms with Crippen molar-refractivity contribution in [3.8, 4) is 0 Å². The predicted octanol–water partition coefficient (Wildman–Crippen LogP) is 1.65. The Morgan fingerprint density at radius 3 is 2.29 bits per heavy atom. The molecule has 2 fully saturated rings. The maximum atomic E-state index is 11.5. The number of aliphatic imine (C=N–C) groups is 1. The number of rotatable bonds is 4. The van der Waals surface area contributed by atoms with E-state index in [1.54, 1.807) is 6.92 Å². The van der Waals surface area contributed by atoms with Crippen molar-refractivity contribution in [2.24, 2.45) is 4.99 Å². The molecule has 0 unspecified atom stereocenters. The minimum Gasteiger partial charge on any atom is -0.381 e. The van der Waals surface area contributed by atoms with Crippen LogP contribution < -0.4 is 5.32 Å². The molecule has 0 bridgehead atoms. The number of thioether (sulfide) groups is 1. The molecule has 0 aromatic carbocycles. The van der Waals surface area contributed by atoms with E-state index in [0.717, 1.165) is 71.3 Å². The average Bonchev–Trinajstić information content (AvgIpc) is 2.59. The Hall–Kier alpha value is -0.220. The molecule has 8 heteroatoms. The number of ether oxygens (including phenoxy) is 1. The Balaban J connectivity index is 0.00000288. The topological polar surface area (TPSA) is 57.2 Å². The van der Waals surface area contributed by atoms with Crippen molar-refractivity contribution in [3.63, 3.8) is 0 Å².